The molecule has 1 aromatic heterocycles. The van der Waals surface area contributed by atoms with Crippen LogP contribution in [0, 0.1) is 12.7 Å². The van der Waals surface area contributed by atoms with Gasteiger partial charge in [-0.05, 0) is 24.6 Å². The largest absolute Gasteiger partial charge is 0.366 e. The highest BCUT2D eigenvalue weighted by atomic mass is 19.1. The van der Waals surface area contributed by atoms with Crippen molar-refractivity contribution in [2.75, 3.05) is 36.4 Å². The van der Waals surface area contributed by atoms with Gasteiger partial charge in [-0.15, -0.1) is 0 Å². The van der Waals surface area contributed by atoms with E-state index in [9.17, 15) is 9.18 Å². The zero-order valence-electron chi connectivity index (χ0n) is 14.5. The van der Waals surface area contributed by atoms with E-state index in [-0.39, 0.29) is 11.7 Å². The van der Waals surface area contributed by atoms with Crippen molar-refractivity contribution in [1.82, 2.24) is 14.9 Å². The molecule has 0 bridgehead atoms. The fourth-order valence-electron chi connectivity index (χ4n) is 2.80. The third-order valence-electron chi connectivity index (χ3n) is 4.24. The van der Waals surface area contributed by atoms with Crippen LogP contribution in [0.5, 0.6) is 0 Å². The highest BCUT2D eigenvalue weighted by Gasteiger charge is 2.20. The van der Waals surface area contributed by atoms with E-state index in [1.54, 1.807) is 19.1 Å². The van der Waals surface area contributed by atoms with Crippen LogP contribution in [0.4, 0.5) is 16.2 Å². The Hall–Kier alpha value is -2.70. The Morgan fingerprint density at radius 2 is 1.84 bits per heavy atom. The number of aryl methyl sites for hydroxylation is 1. The van der Waals surface area contributed by atoms with Gasteiger partial charge in [-0.2, -0.15) is 4.98 Å². The molecule has 0 radical (unpaired) electrons. The molecular weight excluding hydrogens is 321 g/mol. The summed E-state index contributed by atoms with van der Waals surface area (Å²) in [6.45, 7) is 6.90. The van der Waals surface area contributed by atoms with Crippen molar-refractivity contribution in [3.8, 4) is 0 Å². The molecule has 0 saturated carbocycles. The van der Waals surface area contributed by atoms with E-state index < -0.39 is 0 Å². The number of nitrogens with zero attached hydrogens (tertiary/aromatic N) is 4. The van der Waals surface area contributed by atoms with E-state index in [1.807, 2.05) is 17.9 Å². The lowest BCUT2D eigenvalue weighted by Gasteiger charge is -2.34. The van der Waals surface area contributed by atoms with Crippen LogP contribution in [-0.4, -0.2) is 47.0 Å². The average molecular weight is 343 g/mol. The number of carbonyl (C=O) groups is 1. The summed E-state index contributed by atoms with van der Waals surface area (Å²) >= 11 is 0. The molecule has 0 atom stereocenters. The summed E-state index contributed by atoms with van der Waals surface area (Å²) in [5, 5.41) is 3.26. The van der Waals surface area contributed by atoms with Gasteiger partial charge >= 0.3 is 0 Å². The van der Waals surface area contributed by atoms with Gasteiger partial charge in [0.25, 0.3) is 0 Å². The Balaban J connectivity index is 1.66. The summed E-state index contributed by atoms with van der Waals surface area (Å²) in [6.07, 6.45) is 0. The van der Waals surface area contributed by atoms with Gasteiger partial charge in [-0.3, -0.25) is 4.79 Å². The Morgan fingerprint density at radius 3 is 2.48 bits per heavy atom. The Bertz CT molecular complexity index is 742. The van der Waals surface area contributed by atoms with E-state index in [2.05, 4.69) is 20.2 Å². The molecule has 2 heterocycles. The lowest BCUT2D eigenvalue weighted by atomic mass is 10.2. The lowest BCUT2D eigenvalue weighted by Crippen LogP contribution is -2.48. The van der Waals surface area contributed by atoms with E-state index in [0.29, 0.717) is 25.6 Å². The predicted octanol–water partition coefficient (Wildman–Crippen LogP) is 2.20. The molecule has 1 N–H and O–H groups in total. The second-order valence-electron chi connectivity index (χ2n) is 6.17. The SMILES string of the molecule is CC(=O)N1CCN(c2nc(C)cc(NCc3ccc(F)cc3)n2)CC1. The lowest BCUT2D eigenvalue weighted by molar-refractivity contribution is -0.129. The second kappa shape index (κ2) is 7.46. The number of carbonyl (C=O) groups excluding carboxylic acids is 1. The van der Waals surface area contributed by atoms with Gasteiger partial charge in [-0.1, -0.05) is 12.1 Å². The van der Waals surface area contributed by atoms with E-state index in [1.165, 1.54) is 12.1 Å². The van der Waals surface area contributed by atoms with Crippen molar-refractivity contribution in [2.24, 2.45) is 0 Å². The number of rotatable bonds is 4. The topological polar surface area (TPSA) is 61.4 Å². The van der Waals surface area contributed by atoms with Crippen LogP contribution < -0.4 is 10.2 Å². The van der Waals surface area contributed by atoms with Gasteiger partial charge in [-0.25, -0.2) is 9.37 Å². The first kappa shape index (κ1) is 17.1. The van der Waals surface area contributed by atoms with Gasteiger partial charge in [0.05, 0.1) is 0 Å². The highest BCUT2D eigenvalue weighted by molar-refractivity contribution is 5.73. The molecule has 0 aliphatic carbocycles. The molecule has 1 amide bonds. The van der Waals surface area contributed by atoms with Gasteiger partial charge in [0.15, 0.2) is 0 Å². The standard InChI is InChI=1S/C18H22FN5O/c1-13-11-17(20-12-15-3-5-16(19)6-4-15)22-18(21-13)24-9-7-23(8-10-24)14(2)25/h3-6,11H,7-10,12H2,1-2H3,(H,20,21,22). The maximum atomic E-state index is 13.0. The van der Waals surface area contributed by atoms with Gasteiger partial charge < -0.3 is 15.1 Å². The zero-order valence-corrected chi connectivity index (χ0v) is 14.5. The van der Waals surface area contributed by atoms with Crippen LogP contribution in [-0.2, 0) is 11.3 Å². The monoisotopic (exact) mass is 343 g/mol. The molecule has 1 aliphatic rings. The maximum Gasteiger partial charge on any atom is 0.227 e. The van der Waals surface area contributed by atoms with Gasteiger partial charge in [0, 0.05) is 51.4 Å². The molecule has 3 rings (SSSR count). The van der Waals surface area contributed by atoms with Crippen LogP contribution in [0.2, 0.25) is 0 Å². The number of anilines is 2. The molecule has 1 aromatic carbocycles. The smallest absolute Gasteiger partial charge is 0.227 e. The molecule has 1 aliphatic heterocycles. The molecule has 0 spiro atoms. The number of amides is 1. The fourth-order valence-corrected chi connectivity index (χ4v) is 2.80. The van der Waals surface area contributed by atoms with E-state index in [4.69, 9.17) is 0 Å². The minimum Gasteiger partial charge on any atom is -0.366 e. The molecule has 1 saturated heterocycles. The normalized spacial score (nSPS) is 14.5. The summed E-state index contributed by atoms with van der Waals surface area (Å²) in [5.74, 6) is 1.27. The van der Waals surface area contributed by atoms with Crippen LogP contribution in [0.15, 0.2) is 30.3 Å². The highest BCUT2D eigenvalue weighted by Crippen LogP contribution is 2.16. The molecular formula is C18H22FN5O. The van der Waals surface area contributed by atoms with Crippen LogP contribution >= 0.6 is 0 Å². The van der Waals surface area contributed by atoms with Crippen molar-refractivity contribution in [1.29, 1.82) is 0 Å². The number of aromatic nitrogens is 2. The summed E-state index contributed by atoms with van der Waals surface area (Å²) in [7, 11) is 0. The summed E-state index contributed by atoms with van der Waals surface area (Å²) in [5.41, 5.74) is 1.86. The first-order chi connectivity index (χ1) is 12.0. The third-order valence-corrected chi connectivity index (χ3v) is 4.24. The Kier molecular flexibility index (Phi) is 5.11. The van der Waals surface area contributed by atoms with Crippen LogP contribution in [0.25, 0.3) is 0 Å². The Labute approximate surface area is 146 Å². The molecule has 25 heavy (non-hydrogen) atoms. The molecule has 2 aromatic rings. The third kappa shape index (κ3) is 4.43. The number of hydrogen-bond acceptors (Lipinski definition) is 5. The van der Waals surface area contributed by atoms with Crippen molar-refractivity contribution in [2.45, 2.75) is 20.4 Å². The molecule has 1 fully saturated rings. The molecule has 7 heteroatoms. The van der Waals surface area contributed by atoms with Crippen LogP contribution in [0.3, 0.4) is 0 Å². The first-order valence-electron chi connectivity index (χ1n) is 8.36. The first-order valence-corrected chi connectivity index (χ1v) is 8.36. The Morgan fingerprint density at radius 1 is 1.16 bits per heavy atom. The summed E-state index contributed by atoms with van der Waals surface area (Å²) in [6, 6.07) is 8.28. The van der Waals surface area contributed by atoms with Crippen LogP contribution in [0.1, 0.15) is 18.2 Å². The van der Waals surface area contributed by atoms with Crippen molar-refractivity contribution in [3.63, 3.8) is 0 Å². The minimum absolute atomic E-state index is 0.103. The van der Waals surface area contributed by atoms with Crippen molar-refractivity contribution in [3.05, 3.63) is 47.4 Å². The number of nitrogens with one attached hydrogen (secondary N) is 1. The van der Waals surface area contributed by atoms with Crippen molar-refractivity contribution < 1.29 is 9.18 Å². The average Bonchev–Trinajstić information content (AvgIpc) is 2.61. The molecule has 6 nitrogen and oxygen atoms in total. The van der Waals surface area contributed by atoms with E-state index >= 15 is 0 Å². The number of halogens is 1. The quantitative estimate of drug-likeness (QED) is 0.922. The zero-order chi connectivity index (χ0) is 17.8. The number of benzene rings is 1. The fraction of sp³-hybridized carbons (Fsp3) is 0.389. The summed E-state index contributed by atoms with van der Waals surface area (Å²) < 4.78 is 13.0. The maximum absolute atomic E-state index is 13.0. The van der Waals surface area contributed by atoms with Crippen molar-refractivity contribution >= 4 is 17.7 Å². The van der Waals surface area contributed by atoms with Gasteiger partial charge in [0.1, 0.15) is 11.6 Å². The molecule has 132 valence electrons. The molecule has 0 unspecified atom stereocenters. The second-order valence-corrected chi connectivity index (χ2v) is 6.17. The number of piperazine rings is 1. The van der Waals surface area contributed by atoms with E-state index in [0.717, 1.165) is 30.2 Å². The predicted molar refractivity (Wildman–Crippen MR) is 95.0 cm³/mol. The minimum atomic E-state index is -0.242. The van der Waals surface area contributed by atoms with Gasteiger partial charge in [0.2, 0.25) is 11.9 Å². The summed E-state index contributed by atoms with van der Waals surface area (Å²) in [4.78, 5) is 24.5. The number of hydrogen-bond donors (Lipinski definition) is 1.